The number of unbranched alkanes of at least 4 members (excludes halogenated alkanes) is 3. The molecule has 1 fully saturated rings. The van der Waals surface area contributed by atoms with Crippen LogP contribution >= 0.6 is 0 Å². The summed E-state index contributed by atoms with van der Waals surface area (Å²) in [6.07, 6.45) is 7.55. The third kappa shape index (κ3) is 4.65. The molecule has 0 spiro atoms. The predicted molar refractivity (Wildman–Crippen MR) is 65.2 cm³/mol. The Morgan fingerprint density at radius 2 is 1.93 bits per heavy atom. The zero-order valence-corrected chi connectivity index (χ0v) is 9.97. The van der Waals surface area contributed by atoms with Crippen molar-refractivity contribution >= 4 is 5.84 Å². The van der Waals surface area contributed by atoms with Gasteiger partial charge in [0, 0.05) is 5.92 Å². The van der Waals surface area contributed by atoms with Crippen LogP contribution < -0.4 is 5.73 Å². The molecule has 88 valence electrons. The molecule has 15 heavy (non-hydrogen) atoms. The van der Waals surface area contributed by atoms with Gasteiger partial charge in [0.15, 0.2) is 0 Å². The molecule has 1 rings (SSSR count). The Labute approximate surface area is 93.5 Å². The van der Waals surface area contributed by atoms with E-state index in [0.717, 1.165) is 25.9 Å². The van der Waals surface area contributed by atoms with Crippen molar-refractivity contribution in [1.29, 1.82) is 5.41 Å². The average Bonchev–Trinajstić information content (AvgIpc) is 2.25. The van der Waals surface area contributed by atoms with Crippen LogP contribution in [0.2, 0.25) is 0 Å². The van der Waals surface area contributed by atoms with Gasteiger partial charge < -0.3 is 10.6 Å². The molecule has 0 unspecified atom stereocenters. The summed E-state index contributed by atoms with van der Waals surface area (Å²) in [7, 11) is 0. The molecule has 0 aromatic carbocycles. The van der Waals surface area contributed by atoms with E-state index in [1.54, 1.807) is 0 Å². The van der Waals surface area contributed by atoms with Gasteiger partial charge in [0.25, 0.3) is 0 Å². The van der Waals surface area contributed by atoms with Gasteiger partial charge in [-0.1, -0.05) is 26.2 Å². The number of nitrogens with two attached hydrogens (primary N) is 1. The lowest BCUT2D eigenvalue weighted by Crippen LogP contribution is -2.38. The molecule has 0 aliphatic carbocycles. The molecular weight excluding hydrogens is 186 g/mol. The van der Waals surface area contributed by atoms with Gasteiger partial charge in [-0.2, -0.15) is 0 Å². The van der Waals surface area contributed by atoms with Crippen molar-refractivity contribution in [3.8, 4) is 0 Å². The fourth-order valence-electron chi connectivity index (χ4n) is 2.23. The van der Waals surface area contributed by atoms with Crippen LogP contribution in [-0.2, 0) is 0 Å². The number of nitrogens with zero attached hydrogens (tertiary/aromatic N) is 1. The quantitative estimate of drug-likeness (QED) is 0.402. The van der Waals surface area contributed by atoms with Crippen LogP contribution in [0.3, 0.4) is 0 Å². The summed E-state index contributed by atoms with van der Waals surface area (Å²) >= 11 is 0. The van der Waals surface area contributed by atoms with E-state index < -0.39 is 0 Å². The molecule has 0 amide bonds. The smallest absolute Gasteiger partial charge is 0.0937 e. The second kappa shape index (κ2) is 6.83. The molecule has 0 atom stereocenters. The van der Waals surface area contributed by atoms with Gasteiger partial charge in [-0.3, -0.25) is 5.41 Å². The number of piperidine rings is 1. The zero-order valence-electron chi connectivity index (χ0n) is 9.97. The van der Waals surface area contributed by atoms with Crippen LogP contribution in [0.25, 0.3) is 0 Å². The van der Waals surface area contributed by atoms with Crippen molar-refractivity contribution in [1.82, 2.24) is 4.90 Å². The molecule has 1 heterocycles. The zero-order chi connectivity index (χ0) is 11.1. The molecule has 0 bridgehead atoms. The molecule has 3 heteroatoms. The molecule has 0 aromatic rings. The SMILES string of the molecule is CCCCCCN1CCC(C(=N)N)CC1. The maximum Gasteiger partial charge on any atom is 0.0937 e. The molecule has 0 aromatic heterocycles. The minimum atomic E-state index is 0.358. The molecule has 0 saturated carbocycles. The third-order valence-corrected chi connectivity index (χ3v) is 3.36. The second-order valence-electron chi connectivity index (χ2n) is 4.63. The van der Waals surface area contributed by atoms with E-state index in [0.29, 0.717) is 11.8 Å². The standard InChI is InChI=1S/C12H25N3/c1-2-3-4-5-8-15-9-6-11(7-10-15)12(13)14/h11H,2-10H2,1H3,(H3,13,14). The average molecular weight is 211 g/mol. The first-order valence-electron chi connectivity index (χ1n) is 6.30. The Kier molecular flexibility index (Phi) is 5.69. The van der Waals surface area contributed by atoms with Crippen LogP contribution in [-0.4, -0.2) is 30.4 Å². The fourth-order valence-corrected chi connectivity index (χ4v) is 2.23. The van der Waals surface area contributed by atoms with Gasteiger partial charge in [-0.05, 0) is 38.9 Å². The highest BCUT2D eigenvalue weighted by atomic mass is 15.1. The van der Waals surface area contributed by atoms with Gasteiger partial charge in [0.05, 0.1) is 5.84 Å². The van der Waals surface area contributed by atoms with E-state index in [2.05, 4.69) is 11.8 Å². The van der Waals surface area contributed by atoms with Crippen molar-refractivity contribution in [2.24, 2.45) is 11.7 Å². The van der Waals surface area contributed by atoms with Crippen molar-refractivity contribution in [3.63, 3.8) is 0 Å². The second-order valence-corrected chi connectivity index (χ2v) is 4.63. The lowest BCUT2D eigenvalue weighted by atomic mass is 9.96. The van der Waals surface area contributed by atoms with Crippen molar-refractivity contribution in [2.75, 3.05) is 19.6 Å². The van der Waals surface area contributed by atoms with Crippen LogP contribution in [0.1, 0.15) is 45.4 Å². The number of rotatable bonds is 6. The summed E-state index contributed by atoms with van der Waals surface area (Å²) in [5.41, 5.74) is 5.52. The lowest BCUT2D eigenvalue weighted by Gasteiger charge is -2.31. The Bertz CT molecular complexity index is 183. The topological polar surface area (TPSA) is 53.1 Å². The monoisotopic (exact) mass is 211 g/mol. The summed E-state index contributed by atoms with van der Waals surface area (Å²) in [4.78, 5) is 2.52. The van der Waals surface area contributed by atoms with E-state index in [1.807, 2.05) is 0 Å². The largest absolute Gasteiger partial charge is 0.387 e. The minimum absolute atomic E-state index is 0.358. The number of amidine groups is 1. The summed E-state index contributed by atoms with van der Waals surface area (Å²) in [5, 5.41) is 7.41. The first kappa shape index (κ1) is 12.5. The predicted octanol–water partition coefficient (Wildman–Crippen LogP) is 2.21. The maximum atomic E-state index is 7.41. The van der Waals surface area contributed by atoms with E-state index in [-0.39, 0.29) is 0 Å². The van der Waals surface area contributed by atoms with E-state index in [1.165, 1.54) is 32.2 Å². The van der Waals surface area contributed by atoms with Gasteiger partial charge in [-0.25, -0.2) is 0 Å². The van der Waals surface area contributed by atoms with Crippen LogP contribution in [0.15, 0.2) is 0 Å². The Morgan fingerprint density at radius 3 is 2.47 bits per heavy atom. The molecule has 3 nitrogen and oxygen atoms in total. The molecule has 1 aliphatic heterocycles. The summed E-state index contributed by atoms with van der Waals surface area (Å²) in [5.74, 6) is 0.748. The number of hydrogen-bond acceptors (Lipinski definition) is 2. The number of nitrogens with one attached hydrogen (secondary N) is 1. The number of likely N-dealkylation sites (tertiary alicyclic amines) is 1. The maximum absolute atomic E-state index is 7.41. The third-order valence-electron chi connectivity index (χ3n) is 3.36. The van der Waals surface area contributed by atoms with Gasteiger partial charge in [-0.15, -0.1) is 0 Å². The van der Waals surface area contributed by atoms with Gasteiger partial charge in [0.2, 0.25) is 0 Å². The molecule has 3 N–H and O–H groups in total. The molecule has 1 aliphatic rings. The van der Waals surface area contributed by atoms with Crippen LogP contribution in [0.4, 0.5) is 0 Å². The highest BCUT2D eigenvalue weighted by molar-refractivity contribution is 5.79. The first-order valence-corrected chi connectivity index (χ1v) is 6.30. The summed E-state index contributed by atoms with van der Waals surface area (Å²) in [6.45, 7) is 5.76. The Morgan fingerprint density at radius 1 is 1.27 bits per heavy atom. The highest BCUT2D eigenvalue weighted by Crippen LogP contribution is 2.17. The molecule has 0 radical (unpaired) electrons. The normalized spacial score (nSPS) is 19.3. The number of hydrogen-bond donors (Lipinski definition) is 2. The van der Waals surface area contributed by atoms with E-state index in [4.69, 9.17) is 11.1 Å². The fraction of sp³-hybridized carbons (Fsp3) is 0.917. The molecular formula is C12H25N3. The van der Waals surface area contributed by atoms with E-state index in [9.17, 15) is 0 Å². The van der Waals surface area contributed by atoms with Gasteiger partial charge >= 0.3 is 0 Å². The lowest BCUT2D eigenvalue weighted by molar-refractivity contribution is 0.205. The summed E-state index contributed by atoms with van der Waals surface area (Å²) in [6, 6.07) is 0. The Hall–Kier alpha value is -0.570. The molecule has 1 saturated heterocycles. The first-order chi connectivity index (χ1) is 7.24. The van der Waals surface area contributed by atoms with Crippen molar-refractivity contribution < 1.29 is 0 Å². The van der Waals surface area contributed by atoms with Crippen LogP contribution in [0, 0.1) is 11.3 Å². The minimum Gasteiger partial charge on any atom is -0.387 e. The summed E-state index contributed by atoms with van der Waals surface area (Å²) < 4.78 is 0. The van der Waals surface area contributed by atoms with E-state index >= 15 is 0 Å². The highest BCUT2D eigenvalue weighted by Gasteiger charge is 2.20. The van der Waals surface area contributed by atoms with Crippen molar-refractivity contribution in [3.05, 3.63) is 0 Å². The van der Waals surface area contributed by atoms with Crippen LogP contribution in [0.5, 0.6) is 0 Å². The van der Waals surface area contributed by atoms with Crippen molar-refractivity contribution in [2.45, 2.75) is 45.4 Å². The van der Waals surface area contributed by atoms with Gasteiger partial charge in [0.1, 0.15) is 0 Å². The Balaban J connectivity index is 2.07.